The number of para-hydroxylation sites is 4. The zero-order chi connectivity index (χ0) is 42.6. The predicted molar refractivity (Wildman–Crippen MR) is 259 cm³/mol. The van der Waals surface area contributed by atoms with Crippen LogP contribution in [-0.2, 0) is 5.41 Å². The van der Waals surface area contributed by atoms with Crippen molar-refractivity contribution in [3.8, 4) is 68.0 Å². The molecule has 4 heterocycles. The summed E-state index contributed by atoms with van der Waals surface area (Å²) in [5, 5.41) is 5.11. The first-order valence-corrected chi connectivity index (χ1v) is 21.9. The van der Waals surface area contributed by atoms with E-state index in [-0.39, 0.29) is 0 Å². The first-order valence-electron chi connectivity index (χ1n) is 21.9. The molecule has 6 heteroatoms. The third-order valence-electron chi connectivity index (χ3n) is 13.4. The number of furan rings is 1. The quantitative estimate of drug-likeness (QED) is 0.165. The highest BCUT2D eigenvalue weighted by Crippen LogP contribution is 2.63. The minimum Gasteiger partial charge on any atom is -0.456 e. The van der Waals surface area contributed by atoms with Crippen LogP contribution in [0.1, 0.15) is 22.3 Å². The van der Waals surface area contributed by atoms with Crippen LogP contribution in [0.4, 0.5) is 0 Å². The third kappa shape index (κ3) is 5.10. The van der Waals surface area contributed by atoms with E-state index in [0.29, 0.717) is 17.5 Å². The van der Waals surface area contributed by atoms with Gasteiger partial charge in [-0.1, -0.05) is 176 Å². The summed E-state index contributed by atoms with van der Waals surface area (Å²) in [5.41, 5.74) is 13.4. The van der Waals surface area contributed by atoms with Crippen molar-refractivity contribution in [2.45, 2.75) is 5.41 Å². The lowest BCUT2D eigenvalue weighted by molar-refractivity contribution is 0.442. The number of rotatable bonds is 4. The van der Waals surface area contributed by atoms with E-state index in [1.165, 1.54) is 22.3 Å². The van der Waals surface area contributed by atoms with Crippen molar-refractivity contribution in [2.24, 2.45) is 0 Å². The van der Waals surface area contributed by atoms with Crippen molar-refractivity contribution < 1.29 is 9.15 Å². The number of aromatic nitrogens is 4. The number of fused-ring (bicyclic) bond motifs is 16. The van der Waals surface area contributed by atoms with Crippen LogP contribution in [-0.4, -0.2) is 19.9 Å². The fraction of sp³-hybridized carbons (Fsp3) is 0.0169. The number of nitrogens with zero attached hydrogens (tertiary/aromatic N) is 4. The minimum atomic E-state index is -0.588. The van der Waals surface area contributed by atoms with Crippen molar-refractivity contribution in [2.75, 3.05) is 0 Å². The molecule has 0 saturated carbocycles. The van der Waals surface area contributed by atoms with Crippen LogP contribution < -0.4 is 4.74 Å². The first kappa shape index (κ1) is 35.8. The molecule has 0 amide bonds. The van der Waals surface area contributed by atoms with Crippen molar-refractivity contribution in [3.05, 3.63) is 229 Å². The molecule has 0 saturated heterocycles. The maximum Gasteiger partial charge on any atom is 0.167 e. The highest BCUT2D eigenvalue weighted by atomic mass is 16.5. The maximum absolute atomic E-state index is 7.20. The maximum atomic E-state index is 7.20. The van der Waals surface area contributed by atoms with Crippen LogP contribution in [0.5, 0.6) is 11.5 Å². The van der Waals surface area contributed by atoms with Crippen molar-refractivity contribution >= 4 is 43.6 Å². The molecule has 9 aromatic carbocycles. The molecule has 0 fully saturated rings. The van der Waals surface area contributed by atoms with Crippen LogP contribution in [0.3, 0.4) is 0 Å². The second-order valence-electron chi connectivity index (χ2n) is 16.8. The summed E-state index contributed by atoms with van der Waals surface area (Å²) in [7, 11) is 0. The molecule has 3 aromatic heterocycles. The molecule has 12 aromatic rings. The van der Waals surface area contributed by atoms with E-state index in [4.69, 9.17) is 29.1 Å². The van der Waals surface area contributed by atoms with Gasteiger partial charge in [-0.3, -0.25) is 0 Å². The molecular formula is C59H34N4O2. The van der Waals surface area contributed by atoms with Gasteiger partial charge < -0.3 is 9.15 Å². The zero-order valence-corrected chi connectivity index (χ0v) is 34.7. The van der Waals surface area contributed by atoms with Gasteiger partial charge in [-0.25, -0.2) is 19.9 Å². The van der Waals surface area contributed by atoms with Gasteiger partial charge in [0.1, 0.15) is 22.7 Å². The summed E-state index contributed by atoms with van der Waals surface area (Å²) in [6, 6.07) is 71.8. The topological polar surface area (TPSA) is 73.9 Å². The summed E-state index contributed by atoms with van der Waals surface area (Å²) in [6.45, 7) is 0. The summed E-state index contributed by atoms with van der Waals surface area (Å²) >= 11 is 0. The van der Waals surface area contributed by atoms with Gasteiger partial charge in [-0.15, -0.1) is 0 Å². The summed E-state index contributed by atoms with van der Waals surface area (Å²) in [6.07, 6.45) is 0. The smallest absolute Gasteiger partial charge is 0.167 e. The fourth-order valence-electron chi connectivity index (χ4n) is 10.6. The van der Waals surface area contributed by atoms with E-state index >= 15 is 0 Å². The van der Waals surface area contributed by atoms with Gasteiger partial charge in [0.2, 0.25) is 0 Å². The molecule has 1 aliphatic heterocycles. The van der Waals surface area contributed by atoms with Crippen LogP contribution >= 0.6 is 0 Å². The molecule has 0 atom stereocenters. The van der Waals surface area contributed by atoms with Crippen LogP contribution in [0.25, 0.3) is 100 Å². The second-order valence-corrected chi connectivity index (χ2v) is 16.8. The van der Waals surface area contributed by atoms with Gasteiger partial charge in [0, 0.05) is 54.7 Å². The number of hydrogen-bond donors (Lipinski definition) is 0. The zero-order valence-electron chi connectivity index (χ0n) is 34.7. The van der Waals surface area contributed by atoms with Crippen LogP contribution in [0.2, 0.25) is 0 Å². The Labute approximate surface area is 373 Å². The molecule has 302 valence electrons. The lowest BCUT2D eigenvalue weighted by Crippen LogP contribution is -2.32. The monoisotopic (exact) mass is 830 g/mol. The molecular weight excluding hydrogens is 797 g/mol. The SMILES string of the molecule is c1ccc(-c2nc(-c3cccc(-c4nc5ccccc5c5c6c(ccc45)C4(c5ccccc5O6)c5ccccc5-c5ccccc54)c3)nc(-c3cccc4c3oc3ccccc34)n2)cc1. The summed E-state index contributed by atoms with van der Waals surface area (Å²) in [4.78, 5) is 20.8. The Balaban J connectivity index is 0.995. The second kappa shape index (κ2) is 13.6. The molecule has 2 aliphatic rings. The lowest BCUT2D eigenvalue weighted by Gasteiger charge is -2.40. The average Bonchev–Trinajstić information content (AvgIpc) is 3.90. The molecule has 0 bridgehead atoms. The van der Waals surface area contributed by atoms with E-state index in [2.05, 4.69) is 146 Å². The van der Waals surface area contributed by atoms with Crippen LogP contribution in [0, 0.1) is 0 Å². The van der Waals surface area contributed by atoms with Crippen molar-refractivity contribution in [1.82, 2.24) is 19.9 Å². The van der Waals surface area contributed by atoms with Gasteiger partial charge in [0.25, 0.3) is 0 Å². The number of benzene rings is 9. The van der Waals surface area contributed by atoms with Crippen molar-refractivity contribution in [1.29, 1.82) is 0 Å². The Kier molecular flexibility index (Phi) is 7.51. The molecule has 14 rings (SSSR count). The number of hydrogen-bond acceptors (Lipinski definition) is 6. The predicted octanol–water partition coefficient (Wildman–Crippen LogP) is 14.6. The fourth-order valence-corrected chi connectivity index (χ4v) is 10.6. The Morgan fingerprint density at radius 2 is 0.969 bits per heavy atom. The summed E-state index contributed by atoms with van der Waals surface area (Å²) < 4.78 is 13.7. The standard InChI is InChI=1S/C59H34N4O2/c1-2-16-35(17-3-1)56-61-57(63-58(62-56)44-25-15-24-41-40-22-7-12-30-50(40)64-54(41)44)37-19-14-18-36(34-37)53-43-32-33-48-55(52(43)42-23-6-11-29-49(42)60-53)65-51-31-13-10-28-47(51)59(48)45-26-8-4-20-38(45)39-21-5-9-27-46(39)59/h1-34H. The molecule has 6 nitrogen and oxygen atoms in total. The summed E-state index contributed by atoms with van der Waals surface area (Å²) in [5.74, 6) is 3.35. The molecule has 0 unspecified atom stereocenters. The van der Waals surface area contributed by atoms with Crippen LogP contribution in [0.15, 0.2) is 211 Å². The molecule has 65 heavy (non-hydrogen) atoms. The van der Waals surface area contributed by atoms with Crippen molar-refractivity contribution in [3.63, 3.8) is 0 Å². The minimum absolute atomic E-state index is 0.534. The molecule has 1 spiro atoms. The molecule has 0 radical (unpaired) electrons. The highest BCUT2D eigenvalue weighted by Gasteiger charge is 2.51. The molecule has 1 aliphatic carbocycles. The van der Waals surface area contributed by atoms with E-state index < -0.39 is 5.41 Å². The number of ether oxygens (including phenoxy) is 1. The normalized spacial score (nSPS) is 13.2. The lowest BCUT2D eigenvalue weighted by atomic mass is 9.65. The van der Waals surface area contributed by atoms with E-state index in [1.807, 2.05) is 60.7 Å². The number of pyridine rings is 1. The van der Waals surface area contributed by atoms with E-state index in [1.54, 1.807) is 0 Å². The Bertz CT molecular complexity index is 3900. The highest BCUT2D eigenvalue weighted by molar-refractivity contribution is 6.15. The largest absolute Gasteiger partial charge is 0.456 e. The average molecular weight is 831 g/mol. The Morgan fingerprint density at radius 1 is 0.369 bits per heavy atom. The first-order chi connectivity index (χ1) is 32.2. The Morgan fingerprint density at radius 3 is 1.80 bits per heavy atom. The van der Waals surface area contributed by atoms with Gasteiger partial charge in [0.15, 0.2) is 17.5 Å². The molecule has 0 N–H and O–H groups in total. The Hall–Kier alpha value is -8.74. The van der Waals surface area contributed by atoms with Gasteiger partial charge in [-0.2, -0.15) is 0 Å². The van der Waals surface area contributed by atoms with E-state index in [0.717, 1.165) is 94.2 Å². The van der Waals surface area contributed by atoms with Gasteiger partial charge in [-0.05, 0) is 52.6 Å². The van der Waals surface area contributed by atoms with Gasteiger partial charge in [0.05, 0.1) is 22.2 Å². The van der Waals surface area contributed by atoms with Gasteiger partial charge >= 0.3 is 0 Å². The van der Waals surface area contributed by atoms with E-state index in [9.17, 15) is 0 Å². The third-order valence-corrected chi connectivity index (χ3v) is 13.4.